The van der Waals surface area contributed by atoms with E-state index in [4.69, 9.17) is 10.5 Å². The molecule has 1 atom stereocenters. The lowest BCUT2D eigenvalue weighted by molar-refractivity contribution is -0.127. The molecule has 0 spiro atoms. The fourth-order valence-corrected chi connectivity index (χ4v) is 1.85. The second-order valence-corrected chi connectivity index (χ2v) is 5.66. The van der Waals surface area contributed by atoms with Crippen molar-refractivity contribution in [2.45, 2.75) is 51.2 Å². The van der Waals surface area contributed by atoms with E-state index < -0.39 is 5.54 Å². The van der Waals surface area contributed by atoms with Gasteiger partial charge >= 0.3 is 0 Å². The first-order valence-corrected chi connectivity index (χ1v) is 5.89. The highest BCUT2D eigenvalue weighted by molar-refractivity contribution is 5.84. The molecule has 1 saturated carbocycles. The molecule has 0 saturated heterocycles. The zero-order valence-corrected chi connectivity index (χ0v) is 10.8. The maximum atomic E-state index is 11.6. The monoisotopic (exact) mass is 228 g/mol. The number of nitrogens with two attached hydrogens (primary N) is 1. The van der Waals surface area contributed by atoms with Crippen molar-refractivity contribution in [1.82, 2.24) is 5.32 Å². The van der Waals surface area contributed by atoms with E-state index in [2.05, 4.69) is 5.32 Å². The molecule has 0 heterocycles. The molecule has 1 amide bonds. The third-order valence-corrected chi connectivity index (χ3v) is 3.35. The van der Waals surface area contributed by atoms with Gasteiger partial charge in [0.2, 0.25) is 5.91 Å². The summed E-state index contributed by atoms with van der Waals surface area (Å²) in [6.45, 7) is 6.66. The first-order valence-electron chi connectivity index (χ1n) is 5.89. The largest absolute Gasteiger partial charge is 0.379 e. The average molecular weight is 228 g/mol. The lowest BCUT2D eigenvalue weighted by atomic mass is 9.87. The van der Waals surface area contributed by atoms with Crippen LogP contribution in [0, 0.1) is 5.92 Å². The number of methoxy groups -OCH3 is 1. The van der Waals surface area contributed by atoms with Gasteiger partial charge in [0.05, 0.1) is 11.1 Å². The fraction of sp³-hybridized carbons (Fsp3) is 0.917. The molecule has 16 heavy (non-hydrogen) atoms. The molecule has 1 unspecified atom stereocenters. The predicted molar refractivity (Wildman–Crippen MR) is 64.0 cm³/mol. The summed E-state index contributed by atoms with van der Waals surface area (Å²) in [6.07, 6.45) is 3.10. The number of primary amides is 1. The van der Waals surface area contributed by atoms with Crippen LogP contribution >= 0.6 is 0 Å². The molecule has 1 aliphatic carbocycles. The van der Waals surface area contributed by atoms with Crippen molar-refractivity contribution in [3.05, 3.63) is 0 Å². The zero-order chi connectivity index (χ0) is 12.4. The summed E-state index contributed by atoms with van der Waals surface area (Å²) in [5.41, 5.74) is 4.46. The van der Waals surface area contributed by atoms with Gasteiger partial charge in [-0.05, 0) is 46.1 Å². The molecule has 0 aromatic carbocycles. The van der Waals surface area contributed by atoms with E-state index in [9.17, 15) is 4.79 Å². The second kappa shape index (κ2) is 4.72. The number of carbonyl (C=O) groups is 1. The van der Waals surface area contributed by atoms with Gasteiger partial charge in [-0.3, -0.25) is 4.79 Å². The number of amides is 1. The Morgan fingerprint density at radius 3 is 2.38 bits per heavy atom. The van der Waals surface area contributed by atoms with E-state index in [1.165, 1.54) is 12.8 Å². The average Bonchev–Trinajstić information content (AvgIpc) is 2.97. The number of hydrogen-bond acceptors (Lipinski definition) is 3. The molecule has 0 bridgehead atoms. The highest BCUT2D eigenvalue weighted by atomic mass is 16.5. The Balaban J connectivity index is 2.58. The van der Waals surface area contributed by atoms with Gasteiger partial charge in [-0.25, -0.2) is 0 Å². The van der Waals surface area contributed by atoms with Crippen molar-refractivity contribution < 1.29 is 9.53 Å². The molecule has 0 aliphatic heterocycles. The number of nitrogens with one attached hydrogen (secondary N) is 1. The molecule has 4 heteroatoms. The SMILES string of the molecule is COC(C)(C)CC(C)(NCC1CC1)C(N)=O. The highest BCUT2D eigenvalue weighted by Crippen LogP contribution is 2.30. The van der Waals surface area contributed by atoms with E-state index in [1.54, 1.807) is 7.11 Å². The second-order valence-electron chi connectivity index (χ2n) is 5.66. The summed E-state index contributed by atoms with van der Waals surface area (Å²) in [7, 11) is 1.66. The van der Waals surface area contributed by atoms with Gasteiger partial charge < -0.3 is 15.8 Å². The maximum absolute atomic E-state index is 11.6. The minimum atomic E-state index is -0.678. The first kappa shape index (κ1) is 13.5. The van der Waals surface area contributed by atoms with Crippen LogP contribution in [0.4, 0.5) is 0 Å². The van der Waals surface area contributed by atoms with Crippen LogP contribution in [0.3, 0.4) is 0 Å². The lowest BCUT2D eigenvalue weighted by Crippen LogP contribution is -2.57. The molecule has 1 rings (SSSR count). The fourth-order valence-electron chi connectivity index (χ4n) is 1.85. The number of hydrogen-bond donors (Lipinski definition) is 2. The van der Waals surface area contributed by atoms with Crippen LogP contribution in [0.25, 0.3) is 0 Å². The van der Waals surface area contributed by atoms with Crippen LogP contribution in [-0.2, 0) is 9.53 Å². The summed E-state index contributed by atoms with van der Waals surface area (Å²) in [6, 6.07) is 0. The maximum Gasteiger partial charge on any atom is 0.237 e. The topological polar surface area (TPSA) is 64.3 Å². The summed E-state index contributed by atoms with van der Waals surface area (Å²) >= 11 is 0. The van der Waals surface area contributed by atoms with Gasteiger partial charge in [-0.15, -0.1) is 0 Å². The number of ether oxygens (including phenoxy) is 1. The van der Waals surface area contributed by atoms with Gasteiger partial charge in [0.1, 0.15) is 0 Å². The molecule has 0 radical (unpaired) electrons. The summed E-state index contributed by atoms with van der Waals surface area (Å²) in [5, 5.41) is 3.29. The number of rotatable bonds is 7. The van der Waals surface area contributed by atoms with Crippen LogP contribution in [0.15, 0.2) is 0 Å². The summed E-state index contributed by atoms with van der Waals surface area (Å²) in [4.78, 5) is 11.6. The van der Waals surface area contributed by atoms with Gasteiger partial charge in [-0.1, -0.05) is 0 Å². The van der Waals surface area contributed by atoms with E-state index >= 15 is 0 Å². The van der Waals surface area contributed by atoms with Crippen LogP contribution in [0.5, 0.6) is 0 Å². The highest BCUT2D eigenvalue weighted by Gasteiger charge is 2.38. The van der Waals surface area contributed by atoms with Gasteiger partial charge in [0.15, 0.2) is 0 Å². The Bertz CT molecular complexity index is 262. The standard InChI is InChI=1S/C12H24N2O2/c1-11(2,16-4)8-12(3,10(13)15)14-7-9-5-6-9/h9,14H,5-8H2,1-4H3,(H2,13,15). The van der Waals surface area contributed by atoms with Crippen molar-refractivity contribution in [3.8, 4) is 0 Å². The van der Waals surface area contributed by atoms with Crippen LogP contribution < -0.4 is 11.1 Å². The predicted octanol–water partition coefficient (Wildman–Crippen LogP) is 1.05. The van der Waals surface area contributed by atoms with Crippen LogP contribution in [-0.4, -0.2) is 30.7 Å². The van der Waals surface area contributed by atoms with E-state index in [1.807, 2.05) is 20.8 Å². The van der Waals surface area contributed by atoms with Gasteiger partial charge in [0, 0.05) is 13.5 Å². The third-order valence-electron chi connectivity index (χ3n) is 3.35. The van der Waals surface area contributed by atoms with Crippen molar-refractivity contribution >= 4 is 5.91 Å². The van der Waals surface area contributed by atoms with Crippen LogP contribution in [0.2, 0.25) is 0 Å². The lowest BCUT2D eigenvalue weighted by Gasteiger charge is -2.35. The Morgan fingerprint density at radius 2 is 2.00 bits per heavy atom. The third kappa shape index (κ3) is 3.76. The van der Waals surface area contributed by atoms with Crippen molar-refractivity contribution in [3.63, 3.8) is 0 Å². The molecule has 94 valence electrons. The molecule has 1 fully saturated rings. The summed E-state index contributed by atoms with van der Waals surface area (Å²) < 4.78 is 5.36. The number of carbonyl (C=O) groups excluding carboxylic acids is 1. The normalized spacial score (nSPS) is 20.5. The quantitative estimate of drug-likeness (QED) is 0.684. The van der Waals surface area contributed by atoms with Crippen molar-refractivity contribution in [2.75, 3.05) is 13.7 Å². The first-order chi connectivity index (χ1) is 7.29. The van der Waals surface area contributed by atoms with Crippen molar-refractivity contribution in [1.29, 1.82) is 0 Å². The van der Waals surface area contributed by atoms with E-state index in [0.29, 0.717) is 6.42 Å². The zero-order valence-electron chi connectivity index (χ0n) is 10.8. The molecule has 0 aromatic rings. The minimum absolute atomic E-state index is 0.307. The summed E-state index contributed by atoms with van der Waals surface area (Å²) in [5.74, 6) is 0.419. The molecule has 3 N–H and O–H groups in total. The Labute approximate surface area is 97.9 Å². The smallest absolute Gasteiger partial charge is 0.237 e. The van der Waals surface area contributed by atoms with E-state index in [0.717, 1.165) is 12.5 Å². The van der Waals surface area contributed by atoms with Crippen molar-refractivity contribution in [2.24, 2.45) is 11.7 Å². The van der Waals surface area contributed by atoms with Gasteiger partial charge in [-0.2, -0.15) is 0 Å². The molecular formula is C12H24N2O2. The van der Waals surface area contributed by atoms with Crippen LogP contribution in [0.1, 0.15) is 40.0 Å². The van der Waals surface area contributed by atoms with E-state index in [-0.39, 0.29) is 11.5 Å². The Morgan fingerprint density at radius 1 is 1.44 bits per heavy atom. The molecular weight excluding hydrogens is 204 g/mol. The molecule has 0 aromatic heterocycles. The Kier molecular flexibility index (Phi) is 3.97. The Hall–Kier alpha value is -0.610. The molecule has 4 nitrogen and oxygen atoms in total. The minimum Gasteiger partial charge on any atom is -0.379 e. The van der Waals surface area contributed by atoms with Gasteiger partial charge in [0.25, 0.3) is 0 Å². The molecule has 1 aliphatic rings.